The van der Waals surface area contributed by atoms with Gasteiger partial charge in [0.1, 0.15) is 0 Å². The molecule has 0 aliphatic carbocycles. The van der Waals surface area contributed by atoms with Crippen molar-refractivity contribution in [3.63, 3.8) is 0 Å². The maximum Gasteiger partial charge on any atom is 0.312 e. The fraction of sp³-hybridized carbons (Fsp3) is 0.167. The predicted octanol–water partition coefficient (Wildman–Crippen LogP) is 1.14. The van der Waals surface area contributed by atoms with Crippen molar-refractivity contribution in [3.05, 3.63) is 47.8 Å². The number of aliphatic carboxylic acids is 1. The van der Waals surface area contributed by atoms with Gasteiger partial charge in [0.2, 0.25) is 0 Å². The van der Waals surface area contributed by atoms with E-state index in [1.807, 2.05) is 6.07 Å². The van der Waals surface area contributed by atoms with Crippen molar-refractivity contribution < 1.29 is 14.7 Å². The van der Waals surface area contributed by atoms with Crippen LogP contribution < -0.4 is 5.32 Å². The van der Waals surface area contributed by atoms with E-state index in [-0.39, 0.29) is 12.2 Å². The summed E-state index contributed by atoms with van der Waals surface area (Å²) < 4.78 is 7.50. The van der Waals surface area contributed by atoms with E-state index in [9.17, 15) is 14.7 Å². The smallest absolute Gasteiger partial charge is 0.312 e. The van der Waals surface area contributed by atoms with Gasteiger partial charge in [-0.25, -0.2) is 0 Å². The summed E-state index contributed by atoms with van der Waals surface area (Å²) in [5, 5.41) is 11.7. The molecule has 0 aliphatic heterocycles. The number of hydrogen-bond donors (Lipinski definition) is 2. The average molecular weight is 277 g/mol. The lowest BCUT2D eigenvalue weighted by molar-refractivity contribution is -0.138. The Labute approximate surface area is 113 Å². The maximum atomic E-state index is 11.7. The molecule has 7 heteroatoms. The molecule has 2 aromatic rings. The molecule has 2 rings (SSSR count). The summed E-state index contributed by atoms with van der Waals surface area (Å²) in [6.07, 6.45) is 1.35. The molecule has 98 valence electrons. The second kappa shape index (κ2) is 6.05. The molecule has 0 spiro atoms. The topological polar surface area (TPSA) is 92.2 Å². The van der Waals surface area contributed by atoms with Crippen molar-refractivity contribution in [1.29, 1.82) is 0 Å². The van der Waals surface area contributed by atoms with Crippen molar-refractivity contribution >= 4 is 23.6 Å². The number of carbonyl (C=O) groups is 2. The van der Waals surface area contributed by atoms with Gasteiger partial charge in [-0.3, -0.25) is 9.59 Å². The van der Waals surface area contributed by atoms with Crippen LogP contribution in [0.1, 0.15) is 22.0 Å². The number of carboxylic acid groups (broad SMARTS) is 1. The van der Waals surface area contributed by atoms with Crippen LogP contribution in [0.2, 0.25) is 0 Å². The number of carbonyl (C=O) groups excluding carboxylic acids is 1. The molecule has 1 heterocycles. The summed E-state index contributed by atoms with van der Waals surface area (Å²) in [5.74, 6) is -2.18. The largest absolute Gasteiger partial charge is 0.481 e. The monoisotopic (exact) mass is 277 g/mol. The van der Waals surface area contributed by atoms with E-state index in [0.29, 0.717) is 5.56 Å². The highest BCUT2D eigenvalue weighted by Crippen LogP contribution is 2.14. The number of aromatic nitrogens is 2. The highest BCUT2D eigenvalue weighted by molar-refractivity contribution is 6.99. The molecule has 1 amide bonds. The quantitative estimate of drug-likeness (QED) is 0.855. The van der Waals surface area contributed by atoms with Crippen LogP contribution in [-0.2, 0) is 4.79 Å². The Morgan fingerprint density at radius 2 is 2.05 bits per heavy atom. The molecule has 1 aromatic carbocycles. The van der Waals surface area contributed by atoms with Crippen molar-refractivity contribution in [2.24, 2.45) is 0 Å². The molecule has 1 unspecified atom stereocenters. The summed E-state index contributed by atoms with van der Waals surface area (Å²) in [6, 6.07) is 8.77. The van der Waals surface area contributed by atoms with E-state index in [1.54, 1.807) is 24.3 Å². The highest BCUT2D eigenvalue weighted by Gasteiger charge is 2.21. The van der Waals surface area contributed by atoms with Gasteiger partial charge in [0.25, 0.3) is 5.91 Å². The first-order chi connectivity index (χ1) is 9.18. The zero-order valence-electron chi connectivity index (χ0n) is 9.81. The van der Waals surface area contributed by atoms with Crippen LogP contribution >= 0.6 is 11.7 Å². The molecule has 0 fully saturated rings. The zero-order chi connectivity index (χ0) is 13.7. The Balaban J connectivity index is 2.03. The van der Waals surface area contributed by atoms with E-state index in [2.05, 4.69) is 14.1 Å². The number of nitrogens with zero attached hydrogens (tertiary/aromatic N) is 2. The number of nitrogens with one attached hydrogen (secondary N) is 1. The predicted molar refractivity (Wildman–Crippen MR) is 69.1 cm³/mol. The van der Waals surface area contributed by atoms with Crippen LogP contribution in [0.25, 0.3) is 0 Å². The molecule has 0 saturated heterocycles. The first kappa shape index (κ1) is 13.2. The minimum absolute atomic E-state index is 0.00963. The van der Waals surface area contributed by atoms with Gasteiger partial charge in [-0.15, -0.1) is 0 Å². The van der Waals surface area contributed by atoms with Crippen LogP contribution in [-0.4, -0.2) is 32.3 Å². The summed E-state index contributed by atoms with van der Waals surface area (Å²) in [7, 11) is 0. The standard InChI is InChI=1S/C12H11N3O3S/c16-11(10-7-14-19-15-10)13-6-9(12(17)18)8-4-2-1-3-5-8/h1-5,7,9H,6H2,(H,13,16)(H,17,18). The SMILES string of the molecule is O=C(NCC(C(=O)O)c1ccccc1)c1cnsn1. The van der Waals surface area contributed by atoms with E-state index >= 15 is 0 Å². The fourth-order valence-electron chi connectivity index (χ4n) is 1.58. The van der Waals surface area contributed by atoms with E-state index in [0.717, 1.165) is 11.7 Å². The van der Waals surface area contributed by atoms with Crippen molar-refractivity contribution in [2.75, 3.05) is 6.54 Å². The second-order valence-electron chi connectivity index (χ2n) is 3.80. The number of rotatable bonds is 5. The molecule has 0 bridgehead atoms. The van der Waals surface area contributed by atoms with Crippen molar-refractivity contribution in [2.45, 2.75) is 5.92 Å². The molecular formula is C12H11N3O3S. The number of carboxylic acids is 1. The highest BCUT2D eigenvalue weighted by atomic mass is 32.1. The lowest BCUT2D eigenvalue weighted by Crippen LogP contribution is -2.31. The van der Waals surface area contributed by atoms with Crippen molar-refractivity contribution in [1.82, 2.24) is 14.1 Å². The minimum atomic E-state index is -0.983. The third kappa shape index (κ3) is 3.35. The van der Waals surface area contributed by atoms with Crippen LogP contribution in [0.15, 0.2) is 36.5 Å². The maximum absolute atomic E-state index is 11.7. The molecule has 2 N–H and O–H groups in total. The number of hydrogen-bond acceptors (Lipinski definition) is 5. The summed E-state index contributed by atoms with van der Waals surface area (Å²) >= 11 is 0.928. The average Bonchev–Trinajstić information content (AvgIpc) is 2.93. The summed E-state index contributed by atoms with van der Waals surface area (Å²) in [4.78, 5) is 22.9. The van der Waals surface area contributed by atoms with Crippen molar-refractivity contribution in [3.8, 4) is 0 Å². The Kier molecular flexibility index (Phi) is 4.19. The summed E-state index contributed by atoms with van der Waals surface area (Å²) in [6.45, 7) is 0.00963. The molecule has 0 aliphatic rings. The third-order valence-corrected chi connectivity index (χ3v) is 3.04. The van der Waals surface area contributed by atoms with Gasteiger partial charge in [0.15, 0.2) is 5.69 Å². The van der Waals surface area contributed by atoms with Crippen LogP contribution in [0.3, 0.4) is 0 Å². The molecular weight excluding hydrogens is 266 g/mol. The van der Waals surface area contributed by atoms with Gasteiger partial charge in [-0.1, -0.05) is 30.3 Å². The Morgan fingerprint density at radius 3 is 2.63 bits per heavy atom. The molecule has 0 radical (unpaired) electrons. The lowest BCUT2D eigenvalue weighted by Gasteiger charge is -2.13. The van der Waals surface area contributed by atoms with Crippen LogP contribution in [0.5, 0.6) is 0 Å². The first-order valence-electron chi connectivity index (χ1n) is 5.52. The Morgan fingerprint density at radius 1 is 1.32 bits per heavy atom. The molecule has 19 heavy (non-hydrogen) atoms. The van der Waals surface area contributed by atoms with Gasteiger partial charge in [0, 0.05) is 6.54 Å². The second-order valence-corrected chi connectivity index (χ2v) is 4.36. The normalized spacial score (nSPS) is 11.8. The number of benzene rings is 1. The molecule has 1 aromatic heterocycles. The third-order valence-electron chi connectivity index (χ3n) is 2.56. The van der Waals surface area contributed by atoms with E-state index in [4.69, 9.17) is 0 Å². The van der Waals surface area contributed by atoms with Gasteiger partial charge in [0.05, 0.1) is 23.8 Å². The van der Waals surface area contributed by atoms with Gasteiger partial charge < -0.3 is 10.4 Å². The fourth-order valence-corrected chi connectivity index (χ4v) is 2.00. The Hall–Kier alpha value is -2.28. The van der Waals surface area contributed by atoms with Gasteiger partial charge in [-0.05, 0) is 5.56 Å². The molecule has 0 saturated carbocycles. The first-order valence-corrected chi connectivity index (χ1v) is 6.25. The van der Waals surface area contributed by atoms with Gasteiger partial charge >= 0.3 is 5.97 Å². The molecule has 1 atom stereocenters. The summed E-state index contributed by atoms with van der Waals surface area (Å²) in [5.41, 5.74) is 0.842. The number of amides is 1. The van der Waals surface area contributed by atoms with E-state index < -0.39 is 17.8 Å². The van der Waals surface area contributed by atoms with Crippen LogP contribution in [0.4, 0.5) is 0 Å². The zero-order valence-corrected chi connectivity index (χ0v) is 10.6. The van der Waals surface area contributed by atoms with Crippen LogP contribution in [0, 0.1) is 0 Å². The minimum Gasteiger partial charge on any atom is -0.481 e. The van der Waals surface area contributed by atoms with Gasteiger partial charge in [-0.2, -0.15) is 8.75 Å². The van der Waals surface area contributed by atoms with E-state index in [1.165, 1.54) is 6.20 Å². The molecule has 6 nitrogen and oxygen atoms in total. The Bertz CT molecular complexity index is 557. The lowest BCUT2D eigenvalue weighted by atomic mass is 9.99.